The van der Waals surface area contributed by atoms with E-state index >= 15 is 0 Å². The third-order valence-electron chi connectivity index (χ3n) is 5.04. The fourth-order valence-electron chi connectivity index (χ4n) is 3.36. The fraction of sp³-hybridized carbons (Fsp3) is 0.238. The average Bonchev–Trinajstić information content (AvgIpc) is 3.32. The predicted molar refractivity (Wildman–Crippen MR) is 96.9 cm³/mol. The number of hydrogen-bond donors (Lipinski definition) is 1. The minimum atomic E-state index is -0.532. The molecule has 3 aromatic rings. The molecule has 5 heteroatoms. The van der Waals surface area contributed by atoms with E-state index in [0.717, 1.165) is 24.0 Å². The minimum absolute atomic E-state index is 0.00178. The molecule has 0 spiro atoms. The van der Waals surface area contributed by atoms with Gasteiger partial charge in [-0.2, -0.15) is 0 Å². The van der Waals surface area contributed by atoms with Crippen LogP contribution >= 0.6 is 0 Å². The van der Waals surface area contributed by atoms with Gasteiger partial charge in [0.15, 0.2) is 0 Å². The van der Waals surface area contributed by atoms with Crippen molar-refractivity contribution in [2.24, 2.45) is 0 Å². The molecule has 4 rings (SSSR count). The Kier molecular flexibility index (Phi) is 4.29. The summed E-state index contributed by atoms with van der Waals surface area (Å²) >= 11 is 0. The Bertz CT molecular complexity index is 871. The van der Waals surface area contributed by atoms with Crippen molar-refractivity contribution in [3.63, 3.8) is 0 Å². The summed E-state index contributed by atoms with van der Waals surface area (Å²) in [6, 6.07) is 16.0. The second kappa shape index (κ2) is 6.75. The van der Waals surface area contributed by atoms with E-state index in [1.807, 2.05) is 41.1 Å². The minimum Gasteiger partial charge on any atom is -0.347 e. The zero-order valence-corrected chi connectivity index (χ0v) is 14.3. The van der Waals surface area contributed by atoms with Crippen LogP contribution in [0, 0.1) is 5.82 Å². The number of nitrogens with zero attached hydrogens (tertiary/aromatic N) is 2. The van der Waals surface area contributed by atoms with E-state index in [0.29, 0.717) is 6.54 Å². The Hall–Kier alpha value is -2.95. The van der Waals surface area contributed by atoms with Crippen molar-refractivity contribution in [1.82, 2.24) is 14.9 Å². The van der Waals surface area contributed by atoms with Gasteiger partial charge in [0.1, 0.15) is 5.82 Å². The Morgan fingerprint density at radius 3 is 2.50 bits per heavy atom. The van der Waals surface area contributed by atoms with Gasteiger partial charge in [0.05, 0.1) is 17.8 Å². The topological polar surface area (TPSA) is 46.9 Å². The molecule has 1 fully saturated rings. The first-order valence-electron chi connectivity index (χ1n) is 8.75. The molecule has 132 valence electrons. The summed E-state index contributed by atoms with van der Waals surface area (Å²) in [6.07, 6.45) is 6.93. The van der Waals surface area contributed by atoms with Crippen LogP contribution in [0.3, 0.4) is 0 Å². The van der Waals surface area contributed by atoms with Crippen LogP contribution in [-0.2, 0) is 16.8 Å². The van der Waals surface area contributed by atoms with Gasteiger partial charge in [0.25, 0.3) is 0 Å². The highest BCUT2D eigenvalue weighted by Gasteiger charge is 2.51. The Labute approximate surface area is 151 Å². The lowest BCUT2D eigenvalue weighted by molar-refractivity contribution is -0.124. The molecule has 1 aliphatic rings. The van der Waals surface area contributed by atoms with E-state index in [1.165, 1.54) is 12.1 Å². The number of imidazole rings is 1. The summed E-state index contributed by atoms with van der Waals surface area (Å²) in [7, 11) is 0. The van der Waals surface area contributed by atoms with Crippen LogP contribution in [0.25, 0.3) is 0 Å². The molecule has 0 aliphatic heterocycles. The van der Waals surface area contributed by atoms with Crippen LogP contribution in [0.15, 0.2) is 73.3 Å². The first-order chi connectivity index (χ1) is 12.7. The summed E-state index contributed by atoms with van der Waals surface area (Å²) in [5, 5.41) is 3.21. The lowest BCUT2D eigenvalue weighted by Crippen LogP contribution is -2.38. The number of benzene rings is 2. The average molecular weight is 349 g/mol. The summed E-state index contributed by atoms with van der Waals surface area (Å²) in [4.78, 5) is 17.2. The second-order valence-corrected chi connectivity index (χ2v) is 6.79. The lowest BCUT2D eigenvalue weighted by Gasteiger charge is -2.23. The highest BCUT2D eigenvalue weighted by atomic mass is 19.1. The monoisotopic (exact) mass is 349 g/mol. The van der Waals surface area contributed by atoms with Crippen LogP contribution < -0.4 is 5.32 Å². The van der Waals surface area contributed by atoms with Crippen molar-refractivity contribution < 1.29 is 9.18 Å². The molecule has 0 bridgehead atoms. The maximum absolute atomic E-state index is 13.2. The van der Waals surface area contributed by atoms with Crippen molar-refractivity contribution in [2.45, 2.75) is 30.8 Å². The number of rotatable bonds is 6. The first-order valence-corrected chi connectivity index (χ1v) is 8.75. The number of nitrogens with one attached hydrogen (secondary N) is 1. The Morgan fingerprint density at radius 2 is 1.88 bits per heavy atom. The van der Waals surface area contributed by atoms with Gasteiger partial charge in [-0.05, 0) is 36.1 Å². The van der Waals surface area contributed by atoms with Gasteiger partial charge < -0.3 is 9.88 Å². The molecule has 1 N–H and O–H groups in total. The van der Waals surface area contributed by atoms with Gasteiger partial charge in [-0.1, -0.05) is 42.5 Å². The smallest absolute Gasteiger partial charge is 0.231 e. The van der Waals surface area contributed by atoms with Gasteiger partial charge in [0.2, 0.25) is 5.91 Å². The van der Waals surface area contributed by atoms with E-state index in [9.17, 15) is 9.18 Å². The van der Waals surface area contributed by atoms with Crippen LogP contribution in [0.4, 0.5) is 4.39 Å². The van der Waals surface area contributed by atoms with Crippen LogP contribution in [0.1, 0.15) is 30.0 Å². The summed E-state index contributed by atoms with van der Waals surface area (Å²) in [6.45, 7) is 0.606. The maximum Gasteiger partial charge on any atom is 0.231 e. The number of amides is 1. The highest BCUT2D eigenvalue weighted by Crippen LogP contribution is 2.48. The van der Waals surface area contributed by atoms with E-state index in [4.69, 9.17) is 0 Å². The van der Waals surface area contributed by atoms with Crippen molar-refractivity contribution in [1.29, 1.82) is 0 Å². The molecular formula is C21H20FN3O. The second-order valence-electron chi connectivity index (χ2n) is 6.79. The lowest BCUT2D eigenvalue weighted by atomic mass is 9.94. The molecule has 1 aromatic heterocycles. The van der Waals surface area contributed by atoms with E-state index < -0.39 is 5.41 Å². The van der Waals surface area contributed by atoms with Crippen LogP contribution in [-0.4, -0.2) is 15.5 Å². The zero-order chi connectivity index (χ0) is 18.0. The van der Waals surface area contributed by atoms with E-state index in [1.54, 1.807) is 24.7 Å². The number of aromatic nitrogens is 2. The van der Waals surface area contributed by atoms with Gasteiger partial charge in [0, 0.05) is 18.9 Å². The predicted octanol–water partition coefficient (Wildman–Crippen LogP) is 3.61. The first kappa shape index (κ1) is 16.5. The number of carbonyl (C=O) groups excluding carboxylic acids is 1. The molecule has 1 amide bonds. The van der Waals surface area contributed by atoms with Crippen LogP contribution in [0.5, 0.6) is 0 Å². The zero-order valence-electron chi connectivity index (χ0n) is 14.3. The largest absolute Gasteiger partial charge is 0.347 e. The SMILES string of the molecule is O=C(NC(Cn1ccnc1)c1ccccc1)C1(c2ccc(F)cc2)CC1. The standard InChI is InChI=1S/C21H20FN3O/c22-18-8-6-17(7-9-18)21(10-11-21)20(26)24-19(14-25-13-12-23-15-25)16-4-2-1-3-5-16/h1-9,12-13,15,19H,10-11,14H2,(H,24,26). The molecule has 1 atom stereocenters. The Balaban J connectivity index is 1.57. The number of carbonyl (C=O) groups is 1. The van der Waals surface area contributed by atoms with Crippen molar-refractivity contribution >= 4 is 5.91 Å². The fourth-order valence-corrected chi connectivity index (χ4v) is 3.36. The molecular weight excluding hydrogens is 329 g/mol. The van der Waals surface area contributed by atoms with Crippen molar-refractivity contribution in [3.05, 3.63) is 90.3 Å². The van der Waals surface area contributed by atoms with Crippen molar-refractivity contribution in [2.75, 3.05) is 0 Å². The molecule has 1 heterocycles. The molecule has 4 nitrogen and oxygen atoms in total. The third kappa shape index (κ3) is 3.25. The van der Waals surface area contributed by atoms with Gasteiger partial charge in [-0.25, -0.2) is 9.37 Å². The summed E-state index contributed by atoms with van der Waals surface area (Å²) < 4.78 is 15.2. The van der Waals surface area contributed by atoms with Gasteiger partial charge in [-0.15, -0.1) is 0 Å². The normalized spacial score (nSPS) is 16.0. The van der Waals surface area contributed by atoms with Gasteiger partial charge >= 0.3 is 0 Å². The quantitative estimate of drug-likeness (QED) is 0.739. The number of halogens is 1. The summed E-state index contributed by atoms with van der Waals surface area (Å²) in [5.41, 5.74) is 1.39. The molecule has 1 unspecified atom stereocenters. The molecule has 0 saturated heterocycles. The molecule has 26 heavy (non-hydrogen) atoms. The van der Waals surface area contributed by atoms with Crippen LogP contribution in [0.2, 0.25) is 0 Å². The molecule has 1 saturated carbocycles. The summed E-state index contributed by atoms with van der Waals surface area (Å²) in [5.74, 6) is -0.287. The van der Waals surface area contributed by atoms with E-state index in [2.05, 4.69) is 10.3 Å². The van der Waals surface area contributed by atoms with Crippen molar-refractivity contribution in [3.8, 4) is 0 Å². The van der Waals surface area contributed by atoms with E-state index in [-0.39, 0.29) is 17.8 Å². The molecule has 1 aliphatic carbocycles. The maximum atomic E-state index is 13.2. The Morgan fingerprint density at radius 1 is 1.15 bits per heavy atom. The third-order valence-corrected chi connectivity index (χ3v) is 5.04. The molecule has 0 radical (unpaired) electrons. The number of hydrogen-bond acceptors (Lipinski definition) is 2. The van der Waals surface area contributed by atoms with Gasteiger partial charge in [-0.3, -0.25) is 4.79 Å². The molecule has 2 aromatic carbocycles. The highest BCUT2D eigenvalue weighted by molar-refractivity contribution is 5.91.